The summed E-state index contributed by atoms with van der Waals surface area (Å²) in [6.07, 6.45) is 1.47. The van der Waals surface area contributed by atoms with Gasteiger partial charge in [-0.1, -0.05) is 29.8 Å². The number of amides is 2. The number of nitrogen functional groups attached to an aromatic ring is 1. The molecule has 0 spiro atoms. The highest BCUT2D eigenvalue weighted by Crippen LogP contribution is 2.18. The van der Waals surface area contributed by atoms with Crippen molar-refractivity contribution in [3.8, 4) is 5.75 Å². The van der Waals surface area contributed by atoms with Crippen LogP contribution in [0.15, 0.2) is 54.7 Å². The van der Waals surface area contributed by atoms with Gasteiger partial charge >= 0.3 is 0 Å². The molecule has 3 rings (SSSR count). The van der Waals surface area contributed by atoms with Gasteiger partial charge in [-0.15, -0.1) is 0 Å². The maximum Gasteiger partial charge on any atom is 0.259 e. The first kappa shape index (κ1) is 22.2. The SMILES string of the molecule is CN(C)C(=O)c1cccc(CN(CCOc2cccc(Cl)c2)C(=O)c2c[nH]nc2N)c1. The molecule has 3 aromatic rings. The van der Waals surface area contributed by atoms with Crippen LogP contribution >= 0.6 is 11.6 Å². The maximum atomic E-state index is 13.1. The van der Waals surface area contributed by atoms with E-state index >= 15 is 0 Å². The number of ether oxygens (including phenoxy) is 1. The van der Waals surface area contributed by atoms with Crippen molar-refractivity contribution >= 4 is 29.2 Å². The topological polar surface area (TPSA) is 105 Å². The molecule has 0 unspecified atom stereocenters. The van der Waals surface area contributed by atoms with Crippen molar-refractivity contribution in [2.45, 2.75) is 6.54 Å². The number of halogens is 1. The molecule has 162 valence electrons. The molecule has 0 radical (unpaired) electrons. The van der Waals surface area contributed by atoms with E-state index in [1.54, 1.807) is 61.5 Å². The maximum absolute atomic E-state index is 13.1. The normalized spacial score (nSPS) is 10.5. The number of nitrogens with one attached hydrogen (secondary N) is 1. The summed E-state index contributed by atoms with van der Waals surface area (Å²) in [5, 5.41) is 7.00. The summed E-state index contributed by atoms with van der Waals surface area (Å²) in [4.78, 5) is 28.5. The first-order chi connectivity index (χ1) is 14.8. The van der Waals surface area contributed by atoms with Crippen LogP contribution in [0.5, 0.6) is 5.75 Å². The van der Waals surface area contributed by atoms with Crippen LogP contribution in [0.3, 0.4) is 0 Å². The molecule has 31 heavy (non-hydrogen) atoms. The van der Waals surface area contributed by atoms with E-state index in [4.69, 9.17) is 22.1 Å². The lowest BCUT2D eigenvalue weighted by Gasteiger charge is -2.23. The van der Waals surface area contributed by atoms with Crippen LogP contribution in [0, 0.1) is 0 Å². The molecule has 0 atom stereocenters. The third-order valence-electron chi connectivity index (χ3n) is 4.57. The minimum atomic E-state index is -0.287. The number of aromatic nitrogens is 2. The second-order valence-electron chi connectivity index (χ2n) is 7.12. The fourth-order valence-corrected chi connectivity index (χ4v) is 3.19. The second kappa shape index (κ2) is 9.99. The molecule has 1 aromatic heterocycles. The zero-order valence-electron chi connectivity index (χ0n) is 17.3. The summed E-state index contributed by atoms with van der Waals surface area (Å²) in [7, 11) is 3.39. The second-order valence-corrected chi connectivity index (χ2v) is 7.55. The molecule has 2 aromatic carbocycles. The van der Waals surface area contributed by atoms with Crippen molar-refractivity contribution in [3.05, 3.63) is 76.4 Å². The Morgan fingerprint density at radius 1 is 1.13 bits per heavy atom. The smallest absolute Gasteiger partial charge is 0.259 e. The summed E-state index contributed by atoms with van der Waals surface area (Å²) in [5.74, 6) is 0.344. The van der Waals surface area contributed by atoms with Crippen molar-refractivity contribution in [1.29, 1.82) is 0 Å². The van der Waals surface area contributed by atoms with Gasteiger partial charge in [0.15, 0.2) is 5.82 Å². The van der Waals surface area contributed by atoms with Gasteiger partial charge in [-0.3, -0.25) is 14.7 Å². The molecule has 0 aliphatic rings. The van der Waals surface area contributed by atoms with E-state index in [0.29, 0.717) is 22.9 Å². The van der Waals surface area contributed by atoms with Gasteiger partial charge in [0.2, 0.25) is 0 Å². The molecule has 3 N–H and O–H groups in total. The van der Waals surface area contributed by atoms with E-state index in [9.17, 15) is 9.59 Å². The zero-order valence-corrected chi connectivity index (χ0v) is 18.1. The Bertz CT molecular complexity index is 1070. The molecule has 8 nitrogen and oxygen atoms in total. The summed E-state index contributed by atoms with van der Waals surface area (Å²) in [6, 6.07) is 14.2. The van der Waals surface area contributed by atoms with Crippen LogP contribution < -0.4 is 10.5 Å². The highest BCUT2D eigenvalue weighted by molar-refractivity contribution is 6.30. The van der Waals surface area contributed by atoms with Crippen molar-refractivity contribution in [3.63, 3.8) is 0 Å². The molecular formula is C22H24ClN5O3. The number of aromatic amines is 1. The molecule has 0 saturated heterocycles. The van der Waals surface area contributed by atoms with E-state index in [1.807, 2.05) is 6.07 Å². The van der Waals surface area contributed by atoms with Gasteiger partial charge in [0, 0.05) is 37.4 Å². The largest absolute Gasteiger partial charge is 0.492 e. The van der Waals surface area contributed by atoms with Crippen LogP contribution in [0.4, 0.5) is 5.82 Å². The lowest BCUT2D eigenvalue weighted by atomic mass is 10.1. The quantitative estimate of drug-likeness (QED) is 0.559. The molecule has 0 aliphatic carbocycles. The Morgan fingerprint density at radius 3 is 2.58 bits per heavy atom. The molecular weight excluding hydrogens is 418 g/mol. The van der Waals surface area contributed by atoms with E-state index in [0.717, 1.165) is 5.56 Å². The predicted octanol–water partition coefficient (Wildman–Crippen LogP) is 3.07. The summed E-state index contributed by atoms with van der Waals surface area (Å²) in [6.45, 7) is 0.818. The number of H-pyrrole nitrogens is 1. The van der Waals surface area contributed by atoms with Gasteiger partial charge in [-0.05, 0) is 35.9 Å². The number of carbonyl (C=O) groups is 2. The summed E-state index contributed by atoms with van der Waals surface area (Å²) >= 11 is 5.99. The van der Waals surface area contributed by atoms with Gasteiger partial charge in [0.05, 0.1) is 6.54 Å². The first-order valence-corrected chi connectivity index (χ1v) is 10.0. The number of hydrogen-bond donors (Lipinski definition) is 2. The van der Waals surface area contributed by atoms with Crippen molar-refractivity contribution in [1.82, 2.24) is 20.0 Å². The number of hydrogen-bond acceptors (Lipinski definition) is 5. The minimum absolute atomic E-state index is 0.108. The molecule has 0 saturated carbocycles. The average molecular weight is 442 g/mol. The molecule has 0 aliphatic heterocycles. The van der Waals surface area contributed by atoms with E-state index in [1.165, 1.54) is 11.1 Å². The van der Waals surface area contributed by atoms with Gasteiger partial charge in [0.25, 0.3) is 11.8 Å². The van der Waals surface area contributed by atoms with Crippen LogP contribution in [0.1, 0.15) is 26.3 Å². The number of benzene rings is 2. The van der Waals surface area contributed by atoms with Crippen LogP contribution in [-0.4, -0.2) is 59.1 Å². The predicted molar refractivity (Wildman–Crippen MR) is 119 cm³/mol. The van der Waals surface area contributed by atoms with Crippen molar-refractivity contribution in [2.24, 2.45) is 0 Å². The third kappa shape index (κ3) is 5.76. The fourth-order valence-electron chi connectivity index (χ4n) is 3.01. The number of carbonyl (C=O) groups excluding carboxylic acids is 2. The molecule has 0 bridgehead atoms. The zero-order chi connectivity index (χ0) is 22.4. The molecule has 9 heteroatoms. The van der Waals surface area contributed by atoms with Crippen molar-refractivity contribution < 1.29 is 14.3 Å². The number of rotatable bonds is 8. The molecule has 2 amide bonds. The first-order valence-electron chi connectivity index (χ1n) is 9.62. The van der Waals surface area contributed by atoms with Crippen LogP contribution in [-0.2, 0) is 6.54 Å². The fraction of sp³-hybridized carbons (Fsp3) is 0.227. The van der Waals surface area contributed by atoms with E-state index < -0.39 is 0 Å². The monoisotopic (exact) mass is 441 g/mol. The van der Waals surface area contributed by atoms with Gasteiger partial charge < -0.3 is 20.3 Å². The average Bonchev–Trinajstić information content (AvgIpc) is 3.18. The Hall–Kier alpha value is -3.52. The van der Waals surface area contributed by atoms with Gasteiger partial charge in [-0.25, -0.2) is 0 Å². The third-order valence-corrected chi connectivity index (χ3v) is 4.80. The Morgan fingerprint density at radius 2 is 1.90 bits per heavy atom. The highest BCUT2D eigenvalue weighted by Gasteiger charge is 2.21. The standard InChI is InChI=1S/C22H24ClN5O3/c1-27(2)21(29)16-6-3-5-15(11-16)14-28(22(30)19-13-25-26-20(19)24)9-10-31-18-8-4-7-17(23)12-18/h3-8,11-13H,9-10,14H2,1-2H3,(H3,24,25,26). The minimum Gasteiger partial charge on any atom is -0.492 e. The van der Waals surface area contributed by atoms with Crippen LogP contribution in [0.25, 0.3) is 0 Å². The van der Waals surface area contributed by atoms with Gasteiger partial charge in [-0.2, -0.15) is 5.10 Å². The molecule has 1 heterocycles. The lowest BCUT2D eigenvalue weighted by molar-refractivity contribution is 0.0717. The number of nitrogens with two attached hydrogens (primary N) is 1. The molecule has 0 fully saturated rings. The highest BCUT2D eigenvalue weighted by atomic mass is 35.5. The van der Waals surface area contributed by atoms with Crippen LogP contribution in [0.2, 0.25) is 5.02 Å². The Labute approximate surface area is 185 Å². The Balaban J connectivity index is 1.77. The summed E-state index contributed by atoms with van der Waals surface area (Å²) < 4.78 is 5.75. The van der Waals surface area contributed by atoms with E-state index in [-0.39, 0.29) is 36.3 Å². The van der Waals surface area contributed by atoms with E-state index in [2.05, 4.69) is 10.2 Å². The number of anilines is 1. The van der Waals surface area contributed by atoms with Crippen molar-refractivity contribution in [2.75, 3.05) is 33.0 Å². The van der Waals surface area contributed by atoms with Gasteiger partial charge in [0.1, 0.15) is 17.9 Å². The lowest BCUT2D eigenvalue weighted by Crippen LogP contribution is -2.34. The Kier molecular flexibility index (Phi) is 7.15. The number of nitrogens with zero attached hydrogens (tertiary/aromatic N) is 3. The summed E-state index contributed by atoms with van der Waals surface area (Å²) in [5.41, 5.74) is 7.46.